The van der Waals surface area contributed by atoms with Gasteiger partial charge in [-0.2, -0.15) is 0 Å². The Kier molecular flexibility index (Phi) is 33.8. The molecule has 3 rings (SSSR count). The second-order valence-electron chi connectivity index (χ2n) is 24.0. The summed E-state index contributed by atoms with van der Waals surface area (Å²) in [7, 11) is 0.955. The van der Waals surface area contributed by atoms with Gasteiger partial charge < -0.3 is 49.4 Å². The lowest BCUT2D eigenvalue weighted by atomic mass is 9.97. The number of esters is 1. The van der Waals surface area contributed by atoms with Gasteiger partial charge in [-0.3, -0.25) is 33.0 Å². The molecule has 2 aliphatic rings. The number of quaternary nitrogens is 1. The van der Waals surface area contributed by atoms with Crippen molar-refractivity contribution in [3.8, 4) is 0 Å². The lowest BCUT2D eigenvalue weighted by molar-refractivity contribution is -0.870. The van der Waals surface area contributed by atoms with Crippen molar-refractivity contribution >= 4 is 37.5 Å². The van der Waals surface area contributed by atoms with Gasteiger partial charge in [0, 0.05) is 32.2 Å². The van der Waals surface area contributed by atoms with Gasteiger partial charge in [0.2, 0.25) is 23.6 Å². The fourth-order valence-corrected chi connectivity index (χ4v) is 10.5. The van der Waals surface area contributed by atoms with Crippen molar-refractivity contribution in [3.05, 3.63) is 11.4 Å². The number of ether oxygens (including phenoxy) is 4. The van der Waals surface area contributed by atoms with Crippen LogP contribution in [0.2, 0.25) is 0 Å². The number of aryl methyl sites for hydroxylation is 1. The van der Waals surface area contributed by atoms with Gasteiger partial charge >= 0.3 is 19.8 Å². The van der Waals surface area contributed by atoms with E-state index in [4.69, 9.17) is 33.1 Å². The van der Waals surface area contributed by atoms with E-state index < -0.39 is 61.5 Å². The van der Waals surface area contributed by atoms with Crippen LogP contribution in [-0.4, -0.2) is 171 Å². The van der Waals surface area contributed by atoms with Gasteiger partial charge in [-0.1, -0.05) is 82.8 Å². The number of nitrogens with one attached hydrogen (secondary N) is 3. The predicted molar refractivity (Wildman–Crippen MR) is 302 cm³/mol. The molecule has 24 heteroatoms. The maximum Gasteiger partial charge on any atom is 0.472 e. The van der Waals surface area contributed by atoms with Gasteiger partial charge in [-0.15, -0.1) is 5.10 Å². The van der Waals surface area contributed by atoms with Crippen molar-refractivity contribution in [1.29, 1.82) is 0 Å². The Balaban J connectivity index is 1.40. The third kappa shape index (κ3) is 32.2. The highest BCUT2D eigenvalue weighted by Crippen LogP contribution is 2.53. The van der Waals surface area contributed by atoms with Crippen LogP contribution in [0.25, 0.3) is 0 Å². The van der Waals surface area contributed by atoms with Crippen LogP contribution in [-0.2, 0) is 75.9 Å². The molecule has 0 saturated heterocycles. The quantitative estimate of drug-likeness (QED) is 0.0178. The molecule has 2 aliphatic carbocycles. The molecule has 6 atom stereocenters. The number of nitrogens with zero attached hydrogens (tertiary/aromatic N) is 4. The van der Waals surface area contributed by atoms with Crippen molar-refractivity contribution in [2.75, 3.05) is 93.7 Å². The standard InChI is InChI=1S/C57H102F2N7O14P/c1-8-9-10-21-30-57(58,59)31-22-16-14-12-11-13-15-19-24-51(67)61-49(43-80-81(73,74)79-37-34-66(5,6)7)54(71)62-48(23-18-17-20-25-52(68)69)53(70)60-32-35-75-38-40-77-41-39-76-36-33-65-50-29-27-45-44(26-28-47(50)63-64-65)46(45)42-78-55(72)56(2,3)4/h44-46,48-49H,8-43H2,1-7H3,(H4-,60,61,62,67,68,69,70,71,73,74)/p+1. The summed E-state index contributed by atoms with van der Waals surface area (Å²) in [5.74, 6) is -4.09. The number of hydrogen-bond acceptors (Lipinski definition) is 14. The van der Waals surface area contributed by atoms with E-state index in [1.165, 1.54) is 0 Å². The van der Waals surface area contributed by atoms with E-state index in [0.29, 0.717) is 100 Å². The number of alkyl halides is 2. The summed E-state index contributed by atoms with van der Waals surface area (Å²) >= 11 is 0. The number of hydrogen-bond donors (Lipinski definition) is 5. The van der Waals surface area contributed by atoms with E-state index in [1.807, 2.05) is 46.6 Å². The van der Waals surface area contributed by atoms with Gasteiger partial charge in [0.25, 0.3) is 0 Å². The van der Waals surface area contributed by atoms with Gasteiger partial charge in [0.1, 0.15) is 25.2 Å². The number of aliphatic carboxylic acids is 1. The summed E-state index contributed by atoms with van der Waals surface area (Å²) in [5, 5.41) is 26.0. The molecule has 1 aromatic heterocycles. The number of fused-ring (bicyclic) bond motifs is 2. The third-order valence-electron chi connectivity index (χ3n) is 14.8. The number of halogens is 2. The molecule has 1 saturated carbocycles. The molecule has 21 nitrogen and oxygen atoms in total. The van der Waals surface area contributed by atoms with Crippen LogP contribution >= 0.6 is 7.82 Å². The zero-order chi connectivity index (χ0) is 59.7. The number of carboxylic acid groups (broad SMARTS) is 1. The molecule has 0 radical (unpaired) electrons. The Hall–Kier alpha value is -3.70. The number of aromatic nitrogens is 3. The average molecular weight is 1180 g/mol. The molecule has 5 N–H and O–H groups in total. The molecule has 468 valence electrons. The van der Waals surface area contributed by atoms with Gasteiger partial charge in [-0.05, 0) is 96.3 Å². The second kappa shape index (κ2) is 38.3. The smallest absolute Gasteiger partial charge is 0.472 e. The number of phosphoric acid groups is 1. The fourth-order valence-electron chi connectivity index (χ4n) is 9.79. The summed E-state index contributed by atoms with van der Waals surface area (Å²) < 4.78 is 76.7. The molecule has 0 bridgehead atoms. The highest BCUT2D eigenvalue weighted by atomic mass is 31.2. The van der Waals surface area contributed by atoms with Gasteiger partial charge in [0.15, 0.2) is 0 Å². The van der Waals surface area contributed by atoms with E-state index in [1.54, 1.807) is 0 Å². The Bertz CT molecular complexity index is 2040. The molecule has 81 heavy (non-hydrogen) atoms. The van der Waals surface area contributed by atoms with Crippen LogP contribution in [0.15, 0.2) is 0 Å². The first kappa shape index (κ1) is 71.6. The Morgan fingerprint density at radius 3 is 1.94 bits per heavy atom. The minimum absolute atomic E-state index is 0.0433. The number of carbonyl (C=O) groups excluding carboxylic acids is 4. The van der Waals surface area contributed by atoms with Crippen molar-refractivity contribution < 1.29 is 79.8 Å². The summed E-state index contributed by atoms with van der Waals surface area (Å²) in [6, 6.07) is -2.59. The fraction of sp³-hybridized carbons (Fsp3) is 0.877. The first-order valence-electron chi connectivity index (χ1n) is 30.1. The first-order valence-corrected chi connectivity index (χ1v) is 31.6. The molecule has 3 amide bonds. The lowest BCUT2D eigenvalue weighted by Crippen LogP contribution is -2.55. The van der Waals surface area contributed by atoms with Gasteiger partial charge in [0.05, 0.1) is 97.3 Å². The summed E-state index contributed by atoms with van der Waals surface area (Å²) in [6.45, 7) is 10.1. The van der Waals surface area contributed by atoms with E-state index in [0.717, 1.165) is 94.9 Å². The molecular weight excluding hydrogens is 1080 g/mol. The second-order valence-corrected chi connectivity index (χ2v) is 25.5. The topological polar surface area (TPSA) is 265 Å². The predicted octanol–water partition coefficient (Wildman–Crippen LogP) is 8.13. The number of amides is 3. The van der Waals surface area contributed by atoms with E-state index >= 15 is 0 Å². The van der Waals surface area contributed by atoms with Crippen LogP contribution in [0.5, 0.6) is 0 Å². The Morgan fingerprint density at radius 1 is 0.728 bits per heavy atom. The maximum absolute atomic E-state index is 14.2. The molecule has 1 heterocycles. The van der Waals surface area contributed by atoms with Crippen LogP contribution < -0.4 is 16.0 Å². The normalized spacial score (nSPS) is 17.9. The maximum atomic E-state index is 14.2. The largest absolute Gasteiger partial charge is 0.481 e. The minimum Gasteiger partial charge on any atom is -0.481 e. The minimum atomic E-state index is -4.67. The van der Waals surface area contributed by atoms with Crippen LogP contribution in [0, 0.1) is 23.2 Å². The van der Waals surface area contributed by atoms with E-state index in [9.17, 15) is 42.2 Å². The number of phosphoric ester groups is 1. The van der Waals surface area contributed by atoms with Crippen LogP contribution in [0.4, 0.5) is 8.78 Å². The van der Waals surface area contributed by atoms with Crippen LogP contribution in [0.3, 0.4) is 0 Å². The molecule has 0 aliphatic heterocycles. The zero-order valence-electron chi connectivity index (χ0n) is 50.1. The van der Waals surface area contributed by atoms with Crippen molar-refractivity contribution in [2.24, 2.45) is 23.2 Å². The number of unbranched alkanes of at least 4 members (excludes halogenated alkanes) is 12. The van der Waals surface area contributed by atoms with Crippen molar-refractivity contribution in [2.45, 2.75) is 206 Å². The summed E-state index contributed by atoms with van der Waals surface area (Å²) in [4.78, 5) is 74.5. The monoisotopic (exact) mass is 1180 g/mol. The number of carboxylic acids is 1. The molecule has 1 aromatic rings. The van der Waals surface area contributed by atoms with Crippen molar-refractivity contribution in [1.82, 2.24) is 30.9 Å². The number of rotatable bonds is 47. The Morgan fingerprint density at radius 2 is 1.31 bits per heavy atom. The molecule has 6 unspecified atom stereocenters. The SMILES string of the molecule is CCCCCCC(F)(F)CCCCCCCCCCC(=O)NC(COP(=O)(O)OCC[N+](C)(C)C)C(=O)NC(CCCCCC(=O)O)C(=O)NCCOCCOCCOCCn1nnc2c1CCC1C(CC2)C1COC(=O)C(C)(C)C. The van der Waals surface area contributed by atoms with E-state index in [-0.39, 0.29) is 71.0 Å². The number of carbonyl (C=O) groups is 5. The summed E-state index contributed by atoms with van der Waals surface area (Å²) in [5.41, 5.74) is 1.66. The number of likely N-dealkylation sites (N-methyl/N-ethyl adjacent to an activating group) is 1. The van der Waals surface area contributed by atoms with E-state index in [2.05, 4.69) is 33.2 Å². The van der Waals surface area contributed by atoms with Crippen molar-refractivity contribution in [3.63, 3.8) is 0 Å². The van der Waals surface area contributed by atoms with Crippen LogP contribution in [0.1, 0.15) is 180 Å². The highest BCUT2D eigenvalue weighted by Gasteiger charge is 2.50. The average Bonchev–Trinajstić information content (AvgIpc) is 4.09. The zero-order valence-corrected chi connectivity index (χ0v) is 51.0. The highest BCUT2D eigenvalue weighted by molar-refractivity contribution is 7.47. The lowest BCUT2D eigenvalue weighted by Gasteiger charge is -2.25. The molecule has 0 spiro atoms. The molecule has 1 fully saturated rings. The van der Waals surface area contributed by atoms with Gasteiger partial charge in [-0.25, -0.2) is 18.0 Å². The Labute approximate surface area is 481 Å². The third-order valence-corrected chi connectivity index (χ3v) is 15.8. The molecule has 0 aromatic carbocycles. The first-order chi connectivity index (χ1) is 38.4. The summed E-state index contributed by atoms with van der Waals surface area (Å²) in [6.07, 6.45) is 14.4. The molecular formula is C57H103F2N7O14P+.